The van der Waals surface area contributed by atoms with Crippen molar-refractivity contribution in [3.05, 3.63) is 35.1 Å². The third-order valence-corrected chi connectivity index (χ3v) is 6.60. The van der Waals surface area contributed by atoms with Gasteiger partial charge in [0.05, 0.1) is 37.6 Å². The second-order valence-electron chi connectivity index (χ2n) is 8.14. The molecule has 0 saturated heterocycles. The van der Waals surface area contributed by atoms with Gasteiger partial charge in [0.2, 0.25) is 0 Å². The van der Waals surface area contributed by atoms with Crippen LogP contribution in [0.5, 0.6) is 0 Å². The summed E-state index contributed by atoms with van der Waals surface area (Å²) in [5.41, 5.74) is -0.824. The van der Waals surface area contributed by atoms with E-state index in [9.17, 15) is 19.7 Å². The minimum atomic E-state index is -3.99. The van der Waals surface area contributed by atoms with E-state index in [1.807, 2.05) is 6.92 Å². The van der Waals surface area contributed by atoms with E-state index in [1.54, 1.807) is 0 Å². The predicted octanol–water partition coefficient (Wildman–Crippen LogP) is 2.18. The van der Waals surface area contributed by atoms with Gasteiger partial charge in [-0.1, -0.05) is 36.0 Å². The maximum Gasteiger partial charge on any atom is 0.191 e. The number of nitrogens with zero attached hydrogens (tertiary/aromatic N) is 5. The van der Waals surface area contributed by atoms with E-state index in [0.717, 1.165) is 11.8 Å². The number of fused-ring (bicyclic) bond motifs is 1. The molecule has 3 aromatic rings. The molecular formula is C24H31FN6O4S. The molecule has 4 N–H and O–H groups in total. The van der Waals surface area contributed by atoms with E-state index >= 15 is 0 Å². The van der Waals surface area contributed by atoms with Crippen molar-refractivity contribution in [1.29, 1.82) is 0 Å². The fourth-order valence-electron chi connectivity index (χ4n) is 3.61. The number of rotatable bonds is 10. The Kier molecular flexibility index (Phi) is 4.43. The molecule has 0 radical (unpaired) electrons. The average molecular weight is 530 g/mol. The summed E-state index contributed by atoms with van der Waals surface area (Å²) in [4.78, 5) is 8.72. The van der Waals surface area contributed by atoms with Gasteiger partial charge in [-0.15, -0.1) is 5.10 Å². The number of benzene rings is 1. The lowest BCUT2D eigenvalue weighted by Crippen LogP contribution is -2.33. The van der Waals surface area contributed by atoms with E-state index in [0.29, 0.717) is 16.9 Å². The topological polar surface area (TPSA) is 138 Å². The molecule has 5 rings (SSSR count). The number of aliphatic hydroxyl groups is 3. The van der Waals surface area contributed by atoms with E-state index in [1.165, 1.54) is 6.92 Å². The molecule has 2 saturated carbocycles. The largest absolute Gasteiger partial charge is 0.394 e. The highest BCUT2D eigenvalue weighted by molar-refractivity contribution is 7.99. The van der Waals surface area contributed by atoms with Crippen LogP contribution in [-0.2, 0) is 4.74 Å². The van der Waals surface area contributed by atoms with Crippen molar-refractivity contribution >= 4 is 28.7 Å². The molecule has 12 heteroatoms. The van der Waals surface area contributed by atoms with Gasteiger partial charge in [0, 0.05) is 26.8 Å². The fraction of sp³-hybridized carbons (Fsp3) is 0.583. The zero-order valence-corrected chi connectivity index (χ0v) is 20.1. The van der Waals surface area contributed by atoms with Gasteiger partial charge in [-0.25, -0.2) is 19.0 Å². The molecule has 10 nitrogen and oxygen atoms in total. The first-order valence-electron chi connectivity index (χ1n) is 16.6. The van der Waals surface area contributed by atoms with E-state index in [2.05, 4.69) is 25.6 Å². The van der Waals surface area contributed by atoms with Gasteiger partial charge < -0.3 is 25.4 Å². The van der Waals surface area contributed by atoms with E-state index in [-0.39, 0.29) is 46.1 Å². The van der Waals surface area contributed by atoms with Gasteiger partial charge >= 0.3 is 0 Å². The molecule has 0 amide bonds. The zero-order valence-electron chi connectivity index (χ0n) is 30.3. The first-order chi connectivity index (χ1) is 21.5. The second-order valence-corrected chi connectivity index (χ2v) is 9.21. The first kappa shape index (κ1) is 15.1. The van der Waals surface area contributed by atoms with Crippen LogP contribution in [0.3, 0.4) is 0 Å². The van der Waals surface area contributed by atoms with Gasteiger partial charge in [0.15, 0.2) is 22.1 Å². The van der Waals surface area contributed by atoms with Crippen molar-refractivity contribution in [2.24, 2.45) is 0 Å². The molecule has 6 atom stereocenters. The number of aromatic nitrogens is 5. The number of nitrogens with one attached hydrogen (secondary N) is 1. The zero-order chi connectivity index (χ0) is 35.3. The molecule has 0 aliphatic heterocycles. The van der Waals surface area contributed by atoms with Crippen LogP contribution in [0.25, 0.3) is 11.2 Å². The van der Waals surface area contributed by atoms with Gasteiger partial charge in [-0.3, -0.25) is 0 Å². The Balaban J connectivity index is 1.62. The molecule has 0 unspecified atom stereocenters. The first-order valence-corrected chi connectivity index (χ1v) is 12.1. The maximum atomic E-state index is 14.7. The van der Waals surface area contributed by atoms with Gasteiger partial charge in [0.25, 0.3) is 0 Å². The highest BCUT2D eigenvalue weighted by atomic mass is 32.2. The highest BCUT2D eigenvalue weighted by Crippen LogP contribution is 2.44. The fourth-order valence-corrected chi connectivity index (χ4v) is 4.30. The normalized spacial score (nSPS) is 42.0. The Morgan fingerprint density at radius 1 is 1.39 bits per heavy atom. The monoisotopic (exact) mass is 529 g/mol. The van der Waals surface area contributed by atoms with Crippen molar-refractivity contribution in [2.45, 2.75) is 74.4 Å². The predicted molar refractivity (Wildman–Crippen MR) is 133 cm³/mol. The Hall–Kier alpha value is -2.38. The van der Waals surface area contributed by atoms with Crippen LogP contribution in [0.1, 0.15) is 64.3 Å². The van der Waals surface area contributed by atoms with E-state index < -0.39 is 73.3 Å². The number of halogens is 1. The van der Waals surface area contributed by atoms with Crippen LogP contribution < -0.4 is 5.32 Å². The molecular weight excluding hydrogens is 487 g/mol. The lowest BCUT2D eigenvalue weighted by Gasteiger charge is -2.17. The Morgan fingerprint density at radius 2 is 2.22 bits per heavy atom. The Bertz CT molecular complexity index is 1720. The Morgan fingerprint density at radius 3 is 3.00 bits per heavy atom. The minimum Gasteiger partial charge on any atom is -0.394 e. The number of hydrogen-bond donors (Lipinski definition) is 4. The summed E-state index contributed by atoms with van der Waals surface area (Å²) in [6.45, 7) is -1.50. The summed E-state index contributed by atoms with van der Waals surface area (Å²) in [6, 6.07) is -5.34. The number of thioether (sulfide) groups is 1. The molecule has 2 aliphatic carbocycles. The highest BCUT2D eigenvalue weighted by Gasteiger charge is 2.45. The quantitative estimate of drug-likeness (QED) is 0.228. The van der Waals surface area contributed by atoms with Crippen molar-refractivity contribution in [3.63, 3.8) is 0 Å². The lowest BCUT2D eigenvalue weighted by molar-refractivity contribution is -0.0629. The molecule has 2 fully saturated rings. The van der Waals surface area contributed by atoms with Gasteiger partial charge in [0.1, 0.15) is 18.0 Å². The molecule has 0 spiro atoms. The summed E-state index contributed by atoms with van der Waals surface area (Å²) in [5.74, 6) is -1.07. The smallest absolute Gasteiger partial charge is 0.191 e. The summed E-state index contributed by atoms with van der Waals surface area (Å²) in [7, 11) is 0. The SMILES string of the molecule is [2H]c1c([2H])c([C@@H]2C[C@H]2Nc2nc(SCCC)nc3c2nnn3[C@]2([2H])C([2H])([2H])[C@]([2H])(OCC([2H])([2H])O)[C@@]([2H])(O)[C@@]2([2H])O)c([2H])c(F)c1C. The van der Waals surface area contributed by atoms with Crippen molar-refractivity contribution < 1.29 is 39.5 Å². The van der Waals surface area contributed by atoms with Crippen LogP contribution in [0.2, 0.25) is 0 Å². The van der Waals surface area contributed by atoms with Crippen molar-refractivity contribution in [1.82, 2.24) is 25.0 Å². The number of hydrogen-bond acceptors (Lipinski definition) is 10. The lowest BCUT2D eigenvalue weighted by atomic mass is 10.1. The number of ether oxygens (including phenoxy) is 1. The van der Waals surface area contributed by atoms with Crippen LogP contribution in [-0.4, -0.2) is 83.5 Å². The summed E-state index contributed by atoms with van der Waals surface area (Å²) >= 11 is 1.12. The molecule has 2 aliphatic rings. The van der Waals surface area contributed by atoms with Gasteiger partial charge in [-0.05, 0) is 36.9 Å². The summed E-state index contributed by atoms with van der Waals surface area (Å²) in [5, 5.41) is 42.4. The molecule has 1 aromatic carbocycles. The Labute approximate surface area is 227 Å². The second kappa shape index (κ2) is 10.5. The maximum absolute atomic E-state index is 14.7. The molecule has 2 heterocycles. The summed E-state index contributed by atoms with van der Waals surface area (Å²) in [6.07, 6.45) is -14.5. The number of anilines is 1. The van der Waals surface area contributed by atoms with Crippen LogP contribution in [0.4, 0.5) is 10.2 Å². The third-order valence-electron chi connectivity index (χ3n) is 5.55. The molecule has 2 aromatic heterocycles. The van der Waals surface area contributed by atoms with Crippen LogP contribution in [0.15, 0.2) is 23.3 Å². The molecule has 36 heavy (non-hydrogen) atoms. The van der Waals surface area contributed by atoms with E-state index in [4.69, 9.17) is 19.8 Å². The average Bonchev–Trinajstić information content (AvgIpc) is 3.58. The standard InChI is InChI=1S/C24H31FN6O4S/c1-3-8-36-24-27-22(26-16-10-14(16)13-5-4-12(2)15(25)9-13)19-23(28-24)31(30-29-19)17-11-18(35-7-6-32)21(34)20(17)33/h4-5,9,14,16-18,20-21,32-34H,3,6-8,10-11H2,1-2H3,(H,26,27,28)/t14-,16+,17+,18-,20-,21+/m0/s1/i4D,5D,6D2,9D,11D2,17D,18D,20D,21D. The molecule has 0 bridgehead atoms. The minimum absolute atomic E-state index is 0.0162. The van der Waals surface area contributed by atoms with Crippen molar-refractivity contribution in [3.8, 4) is 0 Å². The van der Waals surface area contributed by atoms with Crippen LogP contribution in [0, 0.1) is 12.7 Å². The summed E-state index contributed by atoms with van der Waals surface area (Å²) < 4.78 is 111. The van der Waals surface area contributed by atoms with Crippen molar-refractivity contribution in [2.75, 3.05) is 24.2 Å². The molecule has 194 valence electrons. The third kappa shape index (κ3) is 4.92. The van der Waals surface area contributed by atoms with Gasteiger partial charge in [-0.2, -0.15) is 0 Å². The van der Waals surface area contributed by atoms with Crippen LogP contribution >= 0.6 is 11.8 Å².